The minimum atomic E-state index is -1.77. The first-order valence-corrected chi connectivity index (χ1v) is 6.68. The molecule has 0 aliphatic heterocycles. The van der Waals surface area contributed by atoms with Gasteiger partial charge >= 0.3 is 0 Å². The fourth-order valence-electron chi connectivity index (χ4n) is 2.73. The summed E-state index contributed by atoms with van der Waals surface area (Å²) in [6, 6.07) is 0. The van der Waals surface area contributed by atoms with Crippen LogP contribution in [0.3, 0.4) is 0 Å². The number of Topliss-reactive ketones (excluding diaryl/α,β-unsaturated/α-hetero) is 3. The summed E-state index contributed by atoms with van der Waals surface area (Å²) in [6.07, 6.45) is 0.622. The van der Waals surface area contributed by atoms with Crippen LogP contribution in [0.1, 0.15) is 34.1 Å². The van der Waals surface area contributed by atoms with Crippen LogP contribution in [-0.2, 0) is 23.9 Å². The van der Waals surface area contributed by atoms with Gasteiger partial charge < -0.3 is 9.47 Å². The van der Waals surface area contributed by atoms with Gasteiger partial charge in [-0.1, -0.05) is 13.8 Å². The third kappa shape index (κ3) is 2.10. The van der Waals surface area contributed by atoms with E-state index in [1.807, 2.05) is 6.92 Å². The van der Waals surface area contributed by atoms with Gasteiger partial charge in [0, 0.05) is 18.6 Å². The van der Waals surface area contributed by atoms with E-state index < -0.39 is 23.1 Å². The van der Waals surface area contributed by atoms with E-state index in [0.29, 0.717) is 6.42 Å². The molecule has 0 aromatic heterocycles. The molecule has 0 saturated heterocycles. The van der Waals surface area contributed by atoms with Crippen molar-refractivity contribution in [3.05, 3.63) is 11.3 Å². The maximum atomic E-state index is 12.6. The lowest BCUT2D eigenvalue weighted by Gasteiger charge is -2.31. The van der Waals surface area contributed by atoms with Crippen LogP contribution in [0.2, 0.25) is 0 Å². The molecule has 0 fully saturated rings. The Morgan fingerprint density at radius 3 is 2.25 bits per heavy atom. The molecule has 3 atom stereocenters. The predicted octanol–water partition coefficient (Wildman–Crippen LogP) is 1.70. The second-order valence-corrected chi connectivity index (χ2v) is 5.16. The normalized spacial score (nSPS) is 27.7. The van der Waals surface area contributed by atoms with Crippen molar-refractivity contribution in [1.29, 1.82) is 0 Å². The van der Waals surface area contributed by atoms with E-state index in [4.69, 9.17) is 9.47 Å². The summed E-state index contributed by atoms with van der Waals surface area (Å²) in [5.41, 5.74) is -1.48. The molecule has 0 aromatic carbocycles. The lowest BCUT2D eigenvalue weighted by molar-refractivity contribution is -0.160. The maximum absolute atomic E-state index is 12.6. The first-order chi connectivity index (χ1) is 9.29. The van der Waals surface area contributed by atoms with Gasteiger partial charge in [-0.2, -0.15) is 0 Å². The van der Waals surface area contributed by atoms with E-state index in [0.717, 1.165) is 0 Å². The highest BCUT2D eigenvalue weighted by atomic mass is 16.5. The molecule has 0 bridgehead atoms. The Labute approximate surface area is 119 Å². The molecule has 20 heavy (non-hydrogen) atoms. The van der Waals surface area contributed by atoms with Crippen LogP contribution in [0, 0.1) is 11.8 Å². The monoisotopic (exact) mass is 282 g/mol. The molecule has 0 N–H and O–H groups in total. The van der Waals surface area contributed by atoms with Gasteiger partial charge in [0.05, 0.1) is 7.11 Å². The Morgan fingerprint density at radius 1 is 1.35 bits per heavy atom. The van der Waals surface area contributed by atoms with Crippen LogP contribution in [0.15, 0.2) is 11.3 Å². The summed E-state index contributed by atoms with van der Waals surface area (Å²) in [5, 5.41) is 0. The zero-order chi connectivity index (χ0) is 15.7. The Balaban J connectivity index is 3.49. The zero-order valence-corrected chi connectivity index (χ0v) is 12.9. The molecule has 1 unspecified atom stereocenters. The minimum absolute atomic E-state index is 0.202. The van der Waals surface area contributed by atoms with Crippen LogP contribution in [0.4, 0.5) is 0 Å². The molecule has 1 aliphatic carbocycles. The van der Waals surface area contributed by atoms with Crippen LogP contribution >= 0.6 is 0 Å². The largest absolute Gasteiger partial charge is 0.500 e. The molecule has 0 heterocycles. The summed E-state index contributed by atoms with van der Waals surface area (Å²) in [6.45, 7) is 6.48. The van der Waals surface area contributed by atoms with Gasteiger partial charge in [-0.05, 0) is 20.3 Å². The minimum Gasteiger partial charge on any atom is -0.500 e. The maximum Gasteiger partial charge on any atom is 0.204 e. The average molecular weight is 282 g/mol. The second kappa shape index (κ2) is 5.87. The van der Waals surface area contributed by atoms with Crippen molar-refractivity contribution in [3.8, 4) is 0 Å². The first kappa shape index (κ1) is 16.6. The highest BCUT2D eigenvalue weighted by Gasteiger charge is 2.61. The van der Waals surface area contributed by atoms with E-state index in [9.17, 15) is 14.4 Å². The van der Waals surface area contributed by atoms with Crippen LogP contribution in [0.25, 0.3) is 0 Å². The number of methoxy groups -OCH3 is 2. The summed E-state index contributed by atoms with van der Waals surface area (Å²) < 4.78 is 10.5. The van der Waals surface area contributed by atoms with Crippen LogP contribution in [-0.4, -0.2) is 37.2 Å². The number of ketones is 3. The quantitative estimate of drug-likeness (QED) is 0.693. The predicted molar refractivity (Wildman–Crippen MR) is 73.1 cm³/mol. The fourth-order valence-corrected chi connectivity index (χ4v) is 2.73. The highest BCUT2D eigenvalue weighted by molar-refractivity contribution is 6.23. The van der Waals surface area contributed by atoms with Gasteiger partial charge in [-0.25, -0.2) is 0 Å². The van der Waals surface area contributed by atoms with Crippen LogP contribution in [0.5, 0.6) is 0 Å². The standard InChI is InChI=1S/C15H22O5/c1-7-8(2)12(17)11-13(19-5)9(3)14(18)15(11,20-6)10(4)16/h8,11H,7H2,1-6H3/t8?,11-,15-/m1/s1. The molecule has 1 aliphatic rings. The molecule has 0 amide bonds. The Kier molecular flexibility index (Phi) is 4.86. The fraction of sp³-hybridized carbons (Fsp3) is 0.667. The topological polar surface area (TPSA) is 69.7 Å². The molecule has 0 spiro atoms. The zero-order valence-electron chi connectivity index (χ0n) is 12.9. The molecule has 0 radical (unpaired) electrons. The van der Waals surface area contributed by atoms with Gasteiger partial charge in [0.25, 0.3) is 0 Å². The molecule has 5 nitrogen and oxygen atoms in total. The van der Waals surface area contributed by atoms with E-state index in [-0.39, 0.29) is 23.0 Å². The Hall–Kier alpha value is -1.49. The van der Waals surface area contributed by atoms with Gasteiger partial charge in [0.2, 0.25) is 11.4 Å². The van der Waals surface area contributed by atoms with Crippen molar-refractivity contribution < 1.29 is 23.9 Å². The SMILES string of the molecule is CCC(C)C(=O)[C@@H]1C(OC)=C(C)C(=O)[C@@]1(OC)C(C)=O. The number of hydrogen-bond donors (Lipinski definition) is 0. The smallest absolute Gasteiger partial charge is 0.204 e. The van der Waals surface area contributed by atoms with Crippen molar-refractivity contribution in [2.75, 3.05) is 14.2 Å². The molecule has 112 valence electrons. The van der Waals surface area contributed by atoms with Crippen molar-refractivity contribution in [2.45, 2.75) is 39.7 Å². The van der Waals surface area contributed by atoms with Gasteiger partial charge in [0.1, 0.15) is 17.5 Å². The summed E-state index contributed by atoms with van der Waals surface area (Å²) >= 11 is 0. The Bertz CT molecular complexity index is 477. The van der Waals surface area contributed by atoms with Crippen molar-refractivity contribution >= 4 is 17.3 Å². The van der Waals surface area contributed by atoms with E-state index >= 15 is 0 Å². The average Bonchev–Trinajstić information content (AvgIpc) is 2.66. The number of carbonyl (C=O) groups is 3. The molecular formula is C15H22O5. The summed E-state index contributed by atoms with van der Waals surface area (Å²) in [5.74, 6) is -2.18. The van der Waals surface area contributed by atoms with Gasteiger partial charge in [0.15, 0.2) is 5.78 Å². The van der Waals surface area contributed by atoms with Crippen molar-refractivity contribution in [1.82, 2.24) is 0 Å². The number of hydrogen-bond acceptors (Lipinski definition) is 5. The number of ether oxygens (including phenoxy) is 2. The number of carbonyl (C=O) groups excluding carboxylic acids is 3. The summed E-state index contributed by atoms with van der Waals surface area (Å²) in [7, 11) is 2.68. The Morgan fingerprint density at radius 2 is 1.90 bits per heavy atom. The van der Waals surface area contributed by atoms with Crippen LogP contribution < -0.4 is 0 Å². The summed E-state index contributed by atoms with van der Waals surface area (Å²) in [4.78, 5) is 37.1. The lowest BCUT2D eigenvalue weighted by atomic mass is 9.78. The third-order valence-electron chi connectivity index (χ3n) is 4.16. The molecule has 1 rings (SSSR count). The highest BCUT2D eigenvalue weighted by Crippen LogP contribution is 2.43. The second-order valence-electron chi connectivity index (χ2n) is 5.16. The lowest BCUT2D eigenvalue weighted by Crippen LogP contribution is -2.54. The van der Waals surface area contributed by atoms with E-state index in [2.05, 4.69) is 0 Å². The van der Waals surface area contributed by atoms with E-state index in [1.54, 1.807) is 13.8 Å². The first-order valence-electron chi connectivity index (χ1n) is 6.68. The van der Waals surface area contributed by atoms with Crippen molar-refractivity contribution in [3.63, 3.8) is 0 Å². The third-order valence-corrected chi connectivity index (χ3v) is 4.16. The number of rotatable bonds is 6. The molecule has 0 aromatic rings. The molecule has 0 saturated carbocycles. The van der Waals surface area contributed by atoms with Gasteiger partial charge in [-0.15, -0.1) is 0 Å². The molecular weight excluding hydrogens is 260 g/mol. The molecule has 5 heteroatoms. The van der Waals surface area contributed by atoms with E-state index in [1.165, 1.54) is 21.1 Å². The van der Waals surface area contributed by atoms with Gasteiger partial charge in [-0.3, -0.25) is 14.4 Å². The van der Waals surface area contributed by atoms with Crippen molar-refractivity contribution in [2.24, 2.45) is 11.8 Å².